The van der Waals surface area contributed by atoms with E-state index in [0.717, 1.165) is 25.7 Å². The van der Waals surface area contributed by atoms with Gasteiger partial charge in [-0.25, -0.2) is 4.39 Å². The molecule has 0 bridgehead atoms. The smallest absolute Gasteiger partial charge is 0.242 e. The first-order chi connectivity index (χ1) is 11.0. The number of amides is 2. The van der Waals surface area contributed by atoms with Gasteiger partial charge in [-0.15, -0.1) is 0 Å². The van der Waals surface area contributed by atoms with Crippen LogP contribution in [0.5, 0.6) is 0 Å². The summed E-state index contributed by atoms with van der Waals surface area (Å²) in [4.78, 5) is 23.5. The van der Waals surface area contributed by atoms with E-state index < -0.39 is 11.5 Å². The Balaban J connectivity index is 1.75. The molecule has 0 spiro atoms. The fourth-order valence-electron chi connectivity index (χ4n) is 3.70. The van der Waals surface area contributed by atoms with Crippen molar-refractivity contribution in [2.45, 2.75) is 50.0 Å². The summed E-state index contributed by atoms with van der Waals surface area (Å²) in [7, 11) is 0. The molecule has 1 aromatic carbocycles. The van der Waals surface area contributed by atoms with Crippen molar-refractivity contribution in [2.24, 2.45) is 0 Å². The van der Waals surface area contributed by atoms with E-state index >= 15 is 0 Å². The molecule has 0 unspecified atom stereocenters. The minimum atomic E-state index is -0.467. The number of hydrogen-bond donors (Lipinski definition) is 2. The normalized spacial score (nSPS) is 22.9. The molecule has 1 saturated heterocycles. The van der Waals surface area contributed by atoms with Gasteiger partial charge in [0.25, 0.3) is 0 Å². The zero-order chi connectivity index (χ0) is 16.4. The van der Waals surface area contributed by atoms with Gasteiger partial charge in [-0.3, -0.25) is 9.59 Å². The Morgan fingerprint density at radius 1 is 1.39 bits per heavy atom. The van der Waals surface area contributed by atoms with Crippen LogP contribution in [-0.4, -0.2) is 24.4 Å². The molecule has 0 radical (unpaired) electrons. The fraction of sp³-hybridized carbons (Fsp3) is 0.529. The van der Waals surface area contributed by atoms with Crippen LogP contribution in [0.25, 0.3) is 0 Å². The van der Waals surface area contributed by atoms with Crippen LogP contribution in [0, 0.1) is 5.82 Å². The van der Waals surface area contributed by atoms with Gasteiger partial charge in [0.15, 0.2) is 0 Å². The van der Waals surface area contributed by atoms with E-state index in [1.807, 2.05) is 0 Å². The third kappa shape index (κ3) is 3.20. The molecule has 2 amide bonds. The van der Waals surface area contributed by atoms with Crippen LogP contribution in [0.3, 0.4) is 0 Å². The van der Waals surface area contributed by atoms with E-state index in [0.29, 0.717) is 24.9 Å². The number of halogens is 2. The topological polar surface area (TPSA) is 58.2 Å². The van der Waals surface area contributed by atoms with Crippen LogP contribution in [0.15, 0.2) is 18.2 Å². The van der Waals surface area contributed by atoms with E-state index in [1.54, 1.807) is 12.1 Å². The highest BCUT2D eigenvalue weighted by molar-refractivity contribution is 6.30. The maximum absolute atomic E-state index is 14.5. The molecule has 4 nitrogen and oxygen atoms in total. The molecule has 2 fully saturated rings. The second kappa shape index (κ2) is 6.48. The summed E-state index contributed by atoms with van der Waals surface area (Å²) in [5, 5.41) is 5.68. The molecule has 6 heteroatoms. The van der Waals surface area contributed by atoms with E-state index in [1.165, 1.54) is 6.07 Å². The van der Waals surface area contributed by atoms with E-state index in [4.69, 9.17) is 11.6 Å². The van der Waals surface area contributed by atoms with Crippen molar-refractivity contribution in [1.29, 1.82) is 0 Å². The second-order valence-corrected chi connectivity index (χ2v) is 6.87. The minimum absolute atomic E-state index is 0.0957. The molecule has 3 rings (SSSR count). The summed E-state index contributed by atoms with van der Waals surface area (Å²) in [6.45, 7) is 0.371. The third-order valence-electron chi connectivity index (χ3n) is 5.00. The molecule has 1 heterocycles. The highest BCUT2D eigenvalue weighted by Crippen LogP contribution is 2.42. The van der Waals surface area contributed by atoms with Crippen molar-refractivity contribution < 1.29 is 14.0 Å². The predicted molar refractivity (Wildman–Crippen MR) is 85.7 cm³/mol. The number of hydrogen-bond acceptors (Lipinski definition) is 2. The summed E-state index contributed by atoms with van der Waals surface area (Å²) in [6.07, 6.45) is 4.54. The predicted octanol–water partition coefficient (Wildman–Crippen LogP) is 2.69. The molecule has 1 atom stereocenters. The first-order valence-electron chi connectivity index (χ1n) is 8.03. The monoisotopic (exact) mass is 338 g/mol. The van der Waals surface area contributed by atoms with E-state index in [-0.39, 0.29) is 22.7 Å². The Labute approximate surface area is 139 Å². The van der Waals surface area contributed by atoms with E-state index in [2.05, 4.69) is 10.6 Å². The SMILES string of the molecule is O=C1CC[C@H](C(=O)NCC2(c3cccc(Cl)c3F)CCCC2)N1. The number of nitrogens with one attached hydrogen (secondary N) is 2. The first-order valence-corrected chi connectivity index (χ1v) is 8.41. The van der Waals surface area contributed by atoms with Crippen LogP contribution in [0.1, 0.15) is 44.1 Å². The lowest BCUT2D eigenvalue weighted by atomic mass is 9.78. The van der Waals surface area contributed by atoms with Crippen LogP contribution >= 0.6 is 11.6 Å². The largest absolute Gasteiger partial charge is 0.353 e. The van der Waals surface area contributed by atoms with Crippen LogP contribution < -0.4 is 10.6 Å². The molecule has 23 heavy (non-hydrogen) atoms. The summed E-state index contributed by atoms with van der Waals surface area (Å²) in [6, 6.07) is 4.58. The van der Waals surface area contributed by atoms with Crippen molar-refractivity contribution >= 4 is 23.4 Å². The summed E-state index contributed by atoms with van der Waals surface area (Å²) in [5.41, 5.74) is 0.172. The highest BCUT2D eigenvalue weighted by atomic mass is 35.5. The maximum atomic E-state index is 14.5. The van der Waals surface area contributed by atoms with Gasteiger partial charge >= 0.3 is 0 Å². The Hall–Kier alpha value is -1.62. The average molecular weight is 339 g/mol. The zero-order valence-electron chi connectivity index (χ0n) is 12.8. The summed E-state index contributed by atoms with van der Waals surface area (Å²) in [5.74, 6) is -0.675. The van der Waals surface area contributed by atoms with Gasteiger partial charge in [-0.2, -0.15) is 0 Å². The van der Waals surface area contributed by atoms with Crippen molar-refractivity contribution in [1.82, 2.24) is 10.6 Å². The van der Waals surface area contributed by atoms with Gasteiger partial charge in [0.05, 0.1) is 5.02 Å². The zero-order valence-corrected chi connectivity index (χ0v) is 13.6. The molecule has 1 aromatic rings. The Morgan fingerprint density at radius 2 is 2.13 bits per heavy atom. The minimum Gasteiger partial charge on any atom is -0.353 e. The van der Waals surface area contributed by atoms with Crippen LogP contribution in [-0.2, 0) is 15.0 Å². The maximum Gasteiger partial charge on any atom is 0.242 e. The number of benzene rings is 1. The number of rotatable bonds is 4. The second-order valence-electron chi connectivity index (χ2n) is 6.47. The van der Waals surface area contributed by atoms with Crippen molar-refractivity contribution in [3.8, 4) is 0 Å². The highest BCUT2D eigenvalue weighted by Gasteiger charge is 2.39. The molecule has 2 N–H and O–H groups in total. The lowest BCUT2D eigenvalue weighted by Gasteiger charge is -2.31. The van der Waals surface area contributed by atoms with E-state index in [9.17, 15) is 14.0 Å². The Bertz CT molecular complexity index is 629. The Kier molecular flexibility index (Phi) is 4.57. The van der Waals surface area contributed by atoms with Crippen molar-refractivity contribution in [3.05, 3.63) is 34.6 Å². The third-order valence-corrected chi connectivity index (χ3v) is 5.29. The molecule has 2 aliphatic rings. The van der Waals surface area contributed by atoms with Crippen LogP contribution in [0.4, 0.5) is 4.39 Å². The first kappa shape index (κ1) is 16.2. The lowest BCUT2D eigenvalue weighted by Crippen LogP contribution is -2.46. The van der Waals surface area contributed by atoms with Crippen molar-refractivity contribution in [2.75, 3.05) is 6.54 Å². The van der Waals surface area contributed by atoms with Gasteiger partial charge in [0, 0.05) is 18.4 Å². The van der Waals surface area contributed by atoms with Gasteiger partial charge < -0.3 is 10.6 Å². The molecule has 1 saturated carbocycles. The summed E-state index contributed by atoms with van der Waals surface area (Å²) >= 11 is 5.93. The number of carbonyl (C=O) groups excluding carboxylic acids is 2. The van der Waals surface area contributed by atoms with Crippen LogP contribution in [0.2, 0.25) is 5.02 Å². The molecule has 1 aliphatic heterocycles. The number of carbonyl (C=O) groups is 2. The standard InChI is InChI=1S/C17H20ClFN2O2/c18-12-5-3-4-11(15(12)19)17(8-1-2-9-17)10-20-16(23)13-6-7-14(22)21-13/h3-5,13H,1-2,6-10H2,(H,20,23)(H,21,22)/t13-/m1/s1. The van der Waals surface area contributed by atoms with Gasteiger partial charge in [-0.05, 0) is 30.9 Å². The molecule has 124 valence electrons. The molecule has 0 aromatic heterocycles. The summed E-state index contributed by atoms with van der Waals surface area (Å²) < 4.78 is 14.5. The van der Waals surface area contributed by atoms with Gasteiger partial charge in [0.1, 0.15) is 11.9 Å². The van der Waals surface area contributed by atoms with Gasteiger partial charge in [-0.1, -0.05) is 36.6 Å². The fourth-order valence-corrected chi connectivity index (χ4v) is 3.87. The van der Waals surface area contributed by atoms with Crippen molar-refractivity contribution in [3.63, 3.8) is 0 Å². The molecular formula is C17H20ClFN2O2. The Morgan fingerprint density at radius 3 is 2.78 bits per heavy atom. The lowest BCUT2D eigenvalue weighted by molar-refractivity contribution is -0.125. The quantitative estimate of drug-likeness (QED) is 0.886. The molecule has 1 aliphatic carbocycles. The molecular weight excluding hydrogens is 319 g/mol. The average Bonchev–Trinajstić information content (AvgIpc) is 3.17. The van der Waals surface area contributed by atoms with Gasteiger partial charge in [0.2, 0.25) is 11.8 Å².